The van der Waals surface area contributed by atoms with Gasteiger partial charge in [-0.2, -0.15) is 0 Å². The fourth-order valence-electron chi connectivity index (χ4n) is 6.00. The first-order valence-corrected chi connectivity index (χ1v) is 13.0. The second-order valence-corrected chi connectivity index (χ2v) is 9.65. The van der Waals surface area contributed by atoms with Crippen LogP contribution in [0.3, 0.4) is 0 Å². The second-order valence-electron chi connectivity index (χ2n) is 9.65. The number of para-hydroxylation sites is 1. The maximum Gasteiger partial charge on any atom is 0.135 e. The van der Waals surface area contributed by atoms with Crippen LogP contribution in [0.4, 0.5) is 0 Å². The number of allylic oxidation sites excluding steroid dienone is 1. The summed E-state index contributed by atoms with van der Waals surface area (Å²) >= 11 is 0. The van der Waals surface area contributed by atoms with Gasteiger partial charge in [-0.05, 0) is 79.4 Å². The minimum Gasteiger partial charge on any atom is -0.456 e. The van der Waals surface area contributed by atoms with Crippen molar-refractivity contribution in [1.82, 2.24) is 0 Å². The number of hydrogen-bond donors (Lipinski definition) is 0. The fourth-order valence-corrected chi connectivity index (χ4v) is 6.00. The predicted molar refractivity (Wildman–Crippen MR) is 164 cm³/mol. The lowest BCUT2D eigenvalue weighted by molar-refractivity contribution is 0.669. The van der Waals surface area contributed by atoms with E-state index >= 15 is 0 Å². The summed E-state index contributed by atoms with van der Waals surface area (Å²) in [7, 11) is 0. The molecule has 1 heterocycles. The summed E-state index contributed by atoms with van der Waals surface area (Å²) in [6.45, 7) is 6.23. The van der Waals surface area contributed by atoms with E-state index in [4.69, 9.17) is 4.42 Å². The van der Waals surface area contributed by atoms with Crippen molar-refractivity contribution < 1.29 is 4.42 Å². The molecule has 38 heavy (non-hydrogen) atoms. The van der Waals surface area contributed by atoms with Crippen LogP contribution in [0, 0.1) is 0 Å². The monoisotopic (exact) mass is 486 g/mol. The molecule has 180 valence electrons. The zero-order valence-electron chi connectivity index (χ0n) is 21.2. The molecule has 0 aliphatic carbocycles. The number of rotatable bonds is 3. The van der Waals surface area contributed by atoms with Crippen LogP contribution < -0.4 is 10.4 Å². The summed E-state index contributed by atoms with van der Waals surface area (Å²) in [5, 5.41) is 9.62. The predicted octanol–water partition coefficient (Wildman–Crippen LogP) is 8.99. The summed E-state index contributed by atoms with van der Waals surface area (Å²) in [6.07, 6.45) is 6.31. The Bertz CT molecular complexity index is 2150. The van der Waals surface area contributed by atoms with Gasteiger partial charge < -0.3 is 4.42 Å². The van der Waals surface area contributed by atoms with Crippen LogP contribution in [0.15, 0.2) is 126 Å². The van der Waals surface area contributed by atoms with Gasteiger partial charge in [-0.3, -0.25) is 0 Å². The van der Waals surface area contributed by atoms with Gasteiger partial charge in [0.15, 0.2) is 0 Å². The number of hydrogen-bond acceptors (Lipinski definition) is 1. The van der Waals surface area contributed by atoms with Crippen molar-refractivity contribution in [2.75, 3.05) is 0 Å². The Morgan fingerprint density at radius 1 is 0.579 bits per heavy atom. The molecule has 1 nitrogen and oxygen atoms in total. The van der Waals surface area contributed by atoms with Crippen molar-refractivity contribution in [2.45, 2.75) is 6.92 Å². The lowest BCUT2D eigenvalue weighted by Gasteiger charge is -2.17. The highest BCUT2D eigenvalue weighted by Crippen LogP contribution is 2.37. The molecule has 0 radical (unpaired) electrons. The molecule has 1 heteroatoms. The Morgan fingerprint density at radius 2 is 1.24 bits per heavy atom. The van der Waals surface area contributed by atoms with Gasteiger partial charge in [0, 0.05) is 10.8 Å². The fraction of sp³-hybridized carbons (Fsp3) is 0.0270. The van der Waals surface area contributed by atoms with Gasteiger partial charge in [0.1, 0.15) is 11.2 Å². The third-order valence-electron chi connectivity index (χ3n) is 7.59. The highest BCUT2D eigenvalue weighted by molar-refractivity contribution is 6.12. The summed E-state index contributed by atoms with van der Waals surface area (Å²) in [5.41, 5.74) is 6.71. The van der Waals surface area contributed by atoms with Crippen molar-refractivity contribution in [3.63, 3.8) is 0 Å². The SMILES string of the molecule is C=C/C=c1/c(-c2cccc3ccccc23)c2ccccc2c(-c2ccc3oc4ccccc4c3c2)/c1=C/C. The van der Waals surface area contributed by atoms with E-state index in [2.05, 4.69) is 123 Å². The van der Waals surface area contributed by atoms with Crippen molar-refractivity contribution >= 4 is 55.6 Å². The lowest BCUT2D eigenvalue weighted by atomic mass is 9.86. The van der Waals surface area contributed by atoms with Crippen LogP contribution in [0.5, 0.6) is 0 Å². The van der Waals surface area contributed by atoms with Gasteiger partial charge in [-0.1, -0.05) is 116 Å². The highest BCUT2D eigenvalue weighted by Gasteiger charge is 2.17. The molecular weight excluding hydrogens is 460 g/mol. The lowest BCUT2D eigenvalue weighted by Crippen LogP contribution is -2.29. The number of benzene rings is 6. The van der Waals surface area contributed by atoms with E-state index in [1.807, 2.05) is 18.2 Å². The first-order valence-electron chi connectivity index (χ1n) is 13.0. The Labute approximate surface area is 221 Å². The van der Waals surface area contributed by atoms with Crippen LogP contribution in [0.2, 0.25) is 0 Å². The average molecular weight is 487 g/mol. The van der Waals surface area contributed by atoms with Crippen LogP contribution >= 0.6 is 0 Å². The Balaban J connectivity index is 1.66. The first-order chi connectivity index (χ1) is 18.8. The van der Waals surface area contributed by atoms with E-state index in [0.717, 1.165) is 21.9 Å². The number of furan rings is 1. The highest BCUT2D eigenvalue weighted by atomic mass is 16.3. The van der Waals surface area contributed by atoms with E-state index in [1.165, 1.54) is 54.2 Å². The molecule has 0 aliphatic rings. The van der Waals surface area contributed by atoms with Crippen molar-refractivity contribution in [3.8, 4) is 22.3 Å². The smallest absolute Gasteiger partial charge is 0.135 e. The molecule has 0 saturated carbocycles. The quantitative estimate of drug-likeness (QED) is 0.243. The molecule has 0 amide bonds. The van der Waals surface area contributed by atoms with Crippen LogP contribution in [0.1, 0.15) is 6.92 Å². The molecule has 0 N–H and O–H groups in total. The topological polar surface area (TPSA) is 13.1 Å². The summed E-state index contributed by atoms with van der Waals surface area (Å²) in [6, 6.07) is 38.8. The van der Waals surface area contributed by atoms with E-state index in [1.54, 1.807) is 0 Å². The average Bonchev–Trinajstić information content (AvgIpc) is 3.34. The Hall–Kier alpha value is -4.88. The molecule has 0 aliphatic heterocycles. The third-order valence-corrected chi connectivity index (χ3v) is 7.59. The van der Waals surface area contributed by atoms with Crippen LogP contribution in [-0.4, -0.2) is 0 Å². The molecule has 0 fully saturated rings. The molecule has 7 rings (SSSR count). The Kier molecular flexibility index (Phi) is 5.23. The van der Waals surface area contributed by atoms with Gasteiger partial charge in [0.05, 0.1) is 0 Å². The van der Waals surface area contributed by atoms with E-state index in [0.29, 0.717) is 0 Å². The van der Waals surface area contributed by atoms with E-state index in [-0.39, 0.29) is 0 Å². The van der Waals surface area contributed by atoms with Crippen LogP contribution in [0.25, 0.3) is 77.9 Å². The molecule has 0 unspecified atom stereocenters. The van der Waals surface area contributed by atoms with Gasteiger partial charge >= 0.3 is 0 Å². The maximum atomic E-state index is 6.14. The van der Waals surface area contributed by atoms with Crippen molar-refractivity contribution in [2.24, 2.45) is 0 Å². The zero-order chi connectivity index (χ0) is 25.6. The minimum atomic E-state index is 0.909. The standard InChI is InChI=1S/C37H26O/c1-3-12-29-26(4-2)36(25-21-22-35-33(23-25)28-16-9-10-20-34(28)38-35)31-17-7-8-18-32(31)37(29)30-19-11-14-24-13-5-6-15-27(24)30/h3-23H,1H2,2H3/b26-4+,29-12+. The van der Waals surface area contributed by atoms with Crippen molar-refractivity contribution in [3.05, 3.63) is 132 Å². The molecule has 0 bridgehead atoms. The maximum absolute atomic E-state index is 6.14. The zero-order valence-corrected chi connectivity index (χ0v) is 21.2. The molecule has 0 atom stereocenters. The summed E-state index contributed by atoms with van der Waals surface area (Å²) < 4.78 is 6.14. The van der Waals surface area contributed by atoms with Gasteiger partial charge in [-0.25, -0.2) is 0 Å². The van der Waals surface area contributed by atoms with Gasteiger partial charge in [-0.15, -0.1) is 0 Å². The van der Waals surface area contributed by atoms with Gasteiger partial charge in [0.25, 0.3) is 0 Å². The first kappa shape index (κ1) is 22.3. The molecule has 7 aromatic rings. The molecule has 0 spiro atoms. The Morgan fingerprint density at radius 3 is 2.03 bits per heavy atom. The second kappa shape index (κ2) is 8.90. The third kappa shape index (κ3) is 3.33. The molecule has 1 aromatic heterocycles. The van der Waals surface area contributed by atoms with Gasteiger partial charge in [0.2, 0.25) is 0 Å². The molecule has 0 saturated heterocycles. The number of fused-ring (bicyclic) bond motifs is 5. The van der Waals surface area contributed by atoms with Crippen molar-refractivity contribution in [1.29, 1.82) is 0 Å². The summed E-state index contributed by atoms with van der Waals surface area (Å²) in [4.78, 5) is 0. The van der Waals surface area contributed by atoms with E-state index in [9.17, 15) is 0 Å². The molecule has 6 aromatic carbocycles. The van der Waals surface area contributed by atoms with E-state index < -0.39 is 0 Å². The summed E-state index contributed by atoms with van der Waals surface area (Å²) in [5.74, 6) is 0. The largest absolute Gasteiger partial charge is 0.456 e. The molecular formula is C37H26O. The normalized spacial score (nSPS) is 12.8. The minimum absolute atomic E-state index is 0.909. The van der Waals surface area contributed by atoms with Crippen LogP contribution in [-0.2, 0) is 0 Å².